The summed E-state index contributed by atoms with van der Waals surface area (Å²) in [6, 6.07) is 1.13. The Balaban J connectivity index is 1.74. The summed E-state index contributed by atoms with van der Waals surface area (Å²) in [7, 11) is 1.81. The fourth-order valence-corrected chi connectivity index (χ4v) is 3.57. The number of ether oxygens (including phenoxy) is 2. The summed E-state index contributed by atoms with van der Waals surface area (Å²) in [5, 5.41) is 3.82. The molecule has 2 aliphatic rings. The zero-order valence-electron chi connectivity index (χ0n) is 15.3. The lowest BCUT2D eigenvalue weighted by molar-refractivity contribution is 0.0255. The minimum absolute atomic E-state index is 0.168. The Labute approximate surface area is 141 Å². The first-order valence-electron chi connectivity index (χ1n) is 9.14. The molecule has 0 aromatic carbocycles. The summed E-state index contributed by atoms with van der Waals surface area (Å²) in [4.78, 5) is 14.1. The van der Waals surface area contributed by atoms with Crippen LogP contribution in [0.2, 0.25) is 0 Å². The van der Waals surface area contributed by atoms with Gasteiger partial charge in [0.15, 0.2) is 0 Å². The van der Waals surface area contributed by atoms with Crippen molar-refractivity contribution in [3.05, 3.63) is 0 Å². The molecule has 1 amide bonds. The second-order valence-corrected chi connectivity index (χ2v) is 7.97. The second kappa shape index (κ2) is 8.34. The van der Waals surface area contributed by atoms with Gasteiger partial charge in [0.05, 0.1) is 6.10 Å². The Morgan fingerprint density at radius 2 is 1.65 bits per heavy atom. The number of rotatable bonds is 3. The highest BCUT2D eigenvalue weighted by molar-refractivity contribution is 5.68. The standard InChI is InChI=1S/C18H34N2O3/c1-18(2,3)23-17(21)20-12-5-6-14(11-13-20)19-15-7-9-16(22-4)10-8-15/h14-16,19H,5-13H2,1-4H3. The SMILES string of the molecule is COC1CCC(NC2CCCN(C(=O)OC(C)(C)C)CC2)CC1. The van der Waals surface area contributed by atoms with E-state index in [0.29, 0.717) is 18.2 Å². The maximum atomic E-state index is 12.2. The van der Waals surface area contributed by atoms with Gasteiger partial charge < -0.3 is 19.7 Å². The third-order valence-electron chi connectivity index (χ3n) is 4.86. The van der Waals surface area contributed by atoms with E-state index in [1.165, 1.54) is 12.8 Å². The fourth-order valence-electron chi connectivity index (χ4n) is 3.57. The van der Waals surface area contributed by atoms with Gasteiger partial charge in [-0.15, -0.1) is 0 Å². The number of methoxy groups -OCH3 is 1. The number of likely N-dealkylation sites (tertiary alicyclic amines) is 1. The number of nitrogens with one attached hydrogen (secondary N) is 1. The van der Waals surface area contributed by atoms with E-state index in [1.807, 2.05) is 32.8 Å². The summed E-state index contributed by atoms with van der Waals surface area (Å²) in [6.07, 6.45) is 8.20. The van der Waals surface area contributed by atoms with Crippen LogP contribution in [0, 0.1) is 0 Å². The Morgan fingerprint density at radius 1 is 1.00 bits per heavy atom. The maximum Gasteiger partial charge on any atom is 0.410 e. The van der Waals surface area contributed by atoms with E-state index in [1.54, 1.807) is 0 Å². The molecule has 0 aromatic rings. The van der Waals surface area contributed by atoms with E-state index in [2.05, 4.69) is 5.32 Å². The highest BCUT2D eigenvalue weighted by Gasteiger charge is 2.27. The van der Waals surface area contributed by atoms with Gasteiger partial charge in [0, 0.05) is 32.3 Å². The van der Waals surface area contributed by atoms with Crippen molar-refractivity contribution in [2.24, 2.45) is 0 Å². The lowest BCUT2D eigenvalue weighted by atomic mass is 9.92. The van der Waals surface area contributed by atoms with Crippen LogP contribution in [0.3, 0.4) is 0 Å². The summed E-state index contributed by atoms with van der Waals surface area (Å²) in [6.45, 7) is 7.36. The molecule has 1 atom stereocenters. The summed E-state index contributed by atoms with van der Waals surface area (Å²) < 4.78 is 10.9. The van der Waals surface area contributed by atoms with Crippen LogP contribution in [-0.2, 0) is 9.47 Å². The third kappa shape index (κ3) is 6.30. The normalized spacial score (nSPS) is 29.9. The van der Waals surface area contributed by atoms with Gasteiger partial charge in [0.2, 0.25) is 0 Å². The molecular formula is C18H34N2O3. The predicted molar refractivity (Wildman–Crippen MR) is 91.6 cm³/mol. The van der Waals surface area contributed by atoms with E-state index in [4.69, 9.17) is 9.47 Å². The molecule has 5 heteroatoms. The first-order chi connectivity index (χ1) is 10.9. The zero-order chi connectivity index (χ0) is 16.9. The van der Waals surface area contributed by atoms with Gasteiger partial charge >= 0.3 is 6.09 Å². The largest absolute Gasteiger partial charge is 0.444 e. The maximum absolute atomic E-state index is 12.2. The van der Waals surface area contributed by atoms with Crippen LogP contribution < -0.4 is 5.32 Å². The number of amides is 1. The topological polar surface area (TPSA) is 50.8 Å². The molecule has 2 rings (SSSR count). The molecule has 134 valence electrons. The van der Waals surface area contributed by atoms with Crippen molar-refractivity contribution in [2.75, 3.05) is 20.2 Å². The highest BCUT2D eigenvalue weighted by Crippen LogP contribution is 2.23. The Bertz CT molecular complexity index is 373. The fraction of sp³-hybridized carbons (Fsp3) is 0.944. The molecule has 1 aliphatic heterocycles. The van der Waals surface area contributed by atoms with Crippen molar-refractivity contribution < 1.29 is 14.3 Å². The number of carbonyl (C=O) groups excluding carboxylic acids is 1. The average Bonchev–Trinajstić information content (AvgIpc) is 2.72. The van der Waals surface area contributed by atoms with Crippen molar-refractivity contribution >= 4 is 6.09 Å². The van der Waals surface area contributed by atoms with Crippen molar-refractivity contribution in [3.8, 4) is 0 Å². The second-order valence-electron chi connectivity index (χ2n) is 7.97. The summed E-state index contributed by atoms with van der Waals surface area (Å²) >= 11 is 0. The Morgan fingerprint density at radius 3 is 2.26 bits per heavy atom. The van der Waals surface area contributed by atoms with E-state index in [0.717, 1.165) is 45.2 Å². The molecular weight excluding hydrogens is 292 g/mol. The first-order valence-corrected chi connectivity index (χ1v) is 9.14. The van der Waals surface area contributed by atoms with Gasteiger partial charge in [-0.1, -0.05) is 0 Å². The molecule has 0 radical (unpaired) electrons. The molecule has 1 unspecified atom stereocenters. The molecule has 2 fully saturated rings. The first kappa shape index (κ1) is 18.5. The molecule has 0 aromatic heterocycles. The molecule has 1 N–H and O–H groups in total. The van der Waals surface area contributed by atoms with Gasteiger partial charge in [-0.25, -0.2) is 4.79 Å². The smallest absolute Gasteiger partial charge is 0.410 e. The lowest BCUT2D eigenvalue weighted by Crippen LogP contribution is -2.42. The van der Waals surface area contributed by atoms with Crippen LogP contribution in [0.1, 0.15) is 65.7 Å². The van der Waals surface area contributed by atoms with Crippen LogP contribution in [0.25, 0.3) is 0 Å². The lowest BCUT2D eigenvalue weighted by Gasteiger charge is -2.31. The Hall–Kier alpha value is -0.810. The molecule has 1 saturated heterocycles. The Kier molecular flexibility index (Phi) is 6.72. The predicted octanol–water partition coefficient (Wildman–Crippen LogP) is 3.32. The quantitative estimate of drug-likeness (QED) is 0.864. The van der Waals surface area contributed by atoms with Gasteiger partial charge in [-0.2, -0.15) is 0 Å². The minimum atomic E-state index is -0.416. The van der Waals surface area contributed by atoms with E-state index < -0.39 is 5.60 Å². The number of carbonyl (C=O) groups is 1. The van der Waals surface area contributed by atoms with E-state index in [-0.39, 0.29) is 6.09 Å². The molecule has 23 heavy (non-hydrogen) atoms. The molecule has 1 heterocycles. The molecule has 0 spiro atoms. The summed E-state index contributed by atoms with van der Waals surface area (Å²) in [5.74, 6) is 0. The summed E-state index contributed by atoms with van der Waals surface area (Å²) in [5.41, 5.74) is -0.416. The third-order valence-corrected chi connectivity index (χ3v) is 4.86. The van der Waals surface area contributed by atoms with Crippen molar-refractivity contribution in [2.45, 2.75) is 89.5 Å². The molecule has 0 bridgehead atoms. The average molecular weight is 326 g/mol. The van der Waals surface area contributed by atoms with Gasteiger partial charge in [-0.3, -0.25) is 0 Å². The number of hydrogen-bond donors (Lipinski definition) is 1. The van der Waals surface area contributed by atoms with Crippen LogP contribution in [0.15, 0.2) is 0 Å². The van der Waals surface area contributed by atoms with Crippen LogP contribution >= 0.6 is 0 Å². The molecule has 1 aliphatic carbocycles. The monoisotopic (exact) mass is 326 g/mol. The zero-order valence-corrected chi connectivity index (χ0v) is 15.3. The van der Waals surface area contributed by atoms with E-state index >= 15 is 0 Å². The van der Waals surface area contributed by atoms with Gasteiger partial charge in [-0.05, 0) is 65.7 Å². The van der Waals surface area contributed by atoms with Gasteiger partial charge in [0.1, 0.15) is 5.60 Å². The van der Waals surface area contributed by atoms with Crippen LogP contribution in [0.4, 0.5) is 4.79 Å². The van der Waals surface area contributed by atoms with Gasteiger partial charge in [0.25, 0.3) is 0 Å². The van der Waals surface area contributed by atoms with Crippen molar-refractivity contribution in [1.29, 1.82) is 0 Å². The van der Waals surface area contributed by atoms with Crippen LogP contribution in [0.5, 0.6) is 0 Å². The van der Waals surface area contributed by atoms with Crippen LogP contribution in [-0.4, -0.2) is 55.0 Å². The number of nitrogens with zero attached hydrogens (tertiary/aromatic N) is 1. The molecule has 1 saturated carbocycles. The minimum Gasteiger partial charge on any atom is -0.444 e. The highest BCUT2D eigenvalue weighted by atomic mass is 16.6. The molecule has 5 nitrogen and oxygen atoms in total. The van der Waals surface area contributed by atoms with Crippen molar-refractivity contribution in [1.82, 2.24) is 10.2 Å². The van der Waals surface area contributed by atoms with Crippen molar-refractivity contribution in [3.63, 3.8) is 0 Å². The number of hydrogen-bond acceptors (Lipinski definition) is 4. The van der Waals surface area contributed by atoms with E-state index in [9.17, 15) is 4.79 Å².